The van der Waals surface area contributed by atoms with Crippen molar-refractivity contribution in [3.63, 3.8) is 0 Å². The van der Waals surface area contributed by atoms with Gasteiger partial charge in [-0.25, -0.2) is 4.79 Å². The molecule has 1 aliphatic carbocycles. The van der Waals surface area contributed by atoms with Gasteiger partial charge >= 0.3 is 5.63 Å². The molecule has 0 radical (unpaired) electrons. The molecule has 2 rings (SSSR count). The third kappa shape index (κ3) is 2.38. The van der Waals surface area contributed by atoms with Crippen molar-refractivity contribution < 1.29 is 9.21 Å². The summed E-state index contributed by atoms with van der Waals surface area (Å²) in [6.45, 7) is 5.97. The summed E-state index contributed by atoms with van der Waals surface area (Å²) in [6.07, 6.45) is 2.96. The van der Waals surface area contributed by atoms with Crippen LogP contribution in [0.2, 0.25) is 0 Å². The predicted octanol–water partition coefficient (Wildman–Crippen LogP) is 2.72. The van der Waals surface area contributed by atoms with E-state index in [0.29, 0.717) is 12.2 Å². The van der Waals surface area contributed by atoms with Gasteiger partial charge in [-0.2, -0.15) is 0 Å². The van der Waals surface area contributed by atoms with E-state index in [1.807, 2.05) is 13.0 Å². The van der Waals surface area contributed by atoms with Gasteiger partial charge in [0.1, 0.15) is 5.76 Å². The fourth-order valence-corrected chi connectivity index (χ4v) is 2.14. The van der Waals surface area contributed by atoms with Crippen LogP contribution in [0.25, 0.3) is 5.57 Å². The van der Waals surface area contributed by atoms with E-state index in [-0.39, 0.29) is 16.8 Å². The lowest BCUT2D eigenvalue weighted by atomic mass is 9.74. The van der Waals surface area contributed by atoms with Gasteiger partial charge in [-0.15, -0.1) is 0 Å². The van der Waals surface area contributed by atoms with Gasteiger partial charge in [-0.3, -0.25) is 4.79 Å². The van der Waals surface area contributed by atoms with E-state index in [9.17, 15) is 9.59 Å². The molecule has 0 fully saturated rings. The van der Waals surface area contributed by atoms with Gasteiger partial charge in [-0.05, 0) is 36.5 Å². The quantitative estimate of drug-likeness (QED) is 0.748. The highest BCUT2D eigenvalue weighted by molar-refractivity contribution is 5.99. The number of aryl methyl sites for hydroxylation is 1. The first-order chi connectivity index (χ1) is 7.88. The van der Waals surface area contributed by atoms with E-state index in [0.717, 1.165) is 17.6 Å². The Morgan fingerprint density at radius 1 is 1.24 bits per heavy atom. The molecule has 1 aromatic heterocycles. The van der Waals surface area contributed by atoms with Crippen LogP contribution >= 0.6 is 0 Å². The average molecular weight is 232 g/mol. The monoisotopic (exact) mass is 232 g/mol. The van der Waals surface area contributed by atoms with Crippen LogP contribution in [0.3, 0.4) is 0 Å². The van der Waals surface area contributed by atoms with Gasteiger partial charge in [0, 0.05) is 18.1 Å². The molecule has 0 aliphatic heterocycles. The second-order valence-corrected chi connectivity index (χ2v) is 5.23. The third-order valence-corrected chi connectivity index (χ3v) is 3.21. The molecule has 0 N–H and O–H groups in total. The van der Waals surface area contributed by atoms with Crippen LogP contribution in [0.4, 0.5) is 0 Å². The van der Waals surface area contributed by atoms with Crippen molar-refractivity contribution in [3.8, 4) is 0 Å². The molecule has 0 aromatic carbocycles. The first-order valence-corrected chi connectivity index (χ1v) is 5.76. The van der Waals surface area contributed by atoms with Crippen LogP contribution in [0.15, 0.2) is 27.4 Å². The van der Waals surface area contributed by atoms with Gasteiger partial charge in [0.15, 0.2) is 5.78 Å². The highest BCUT2D eigenvalue weighted by Crippen LogP contribution is 2.41. The summed E-state index contributed by atoms with van der Waals surface area (Å²) in [6, 6.07) is 3.26. The van der Waals surface area contributed by atoms with Crippen molar-refractivity contribution >= 4 is 11.4 Å². The molecular weight excluding hydrogens is 216 g/mol. The van der Waals surface area contributed by atoms with E-state index in [1.54, 1.807) is 6.08 Å². The Morgan fingerprint density at radius 2 is 1.94 bits per heavy atom. The normalized spacial score (nSPS) is 19.0. The molecule has 3 nitrogen and oxygen atoms in total. The van der Waals surface area contributed by atoms with Crippen molar-refractivity contribution in [1.29, 1.82) is 0 Å². The van der Waals surface area contributed by atoms with Crippen molar-refractivity contribution in [2.45, 2.75) is 33.6 Å². The smallest absolute Gasteiger partial charge is 0.336 e. The third-order valence-electron chi connectivity index (χ3n) is 3.21. The molecule has 0 atom stereocenters. The molecule has 0 unspecified atom stereocenters. The number of hydrogen-bond acceptors (Lipinski definition) is 3. The molecule has 0 saturated heterocycles. The highest BCUT2D eigenvalue weighted by atomic mass is 16.4. The van der Waals surface area contributed by atoms with Gasteiger partial charge in [0.25, 0.3) is 0 Å². The lowest BCUT2D eigenvalue weighted by Gasteiger charge is -2.30. The number of allylic oxidation sites excluding steroid dienone is 2. The molecule has 17 heavy (non-hydrogen) atoms. The molecule has 3 heteroatoms. The van der Waals surface area contributed by atoms with E-state index in [1.165, 1.54) is 6.07 Å². The fourth-order valence-electron chi connectivity index (χ4n) is 2.14. The van der Waals surface area contributed by atoms with E-state index in [2.05, 4.69) is 13.8 Å². The minimum absolute atomic E-state index is 0.100. The van der Waals surface area contributed by atoms with Crippen LogP contribution in [-0.2, 0) is 4.79 Å². The Bertz CT molecular complexity index is 547. The van der Waals surface area contributed by atoms with E-state index in [4.69, 9.17) is 4.42 Å². The summed E-state index contributed by atoms with van der Waals surface area (Å²) in [4.78, 5) is 22.9. The lowest BCUT2D eigenvalue weighted by Crippen LogP contribution is -2.21. The number of ketones is 1. The summed E-state index contributed by atoms with van der Waals surface area (Å²) in [5.41, 5.74) is 1.19. The van der Waals surface area contributed by atoms with Crippen LogP contribution < -0.4 is 5.63 Å². The van der Waals surface area contributed by atoms with Gasteiger partial charge < -0.3 is 4.42 Å². The standard InChI is InChI=1S/C14H16O3/c1-9-6-12(17-13(16)7-9)11-8-10(15)4-5-14(11,2)3/h6-8H,4-5H2,1-3H3. The Kier molecular flexibility index (Phi) is 2.77. The number of carbonyl (C=O) groups is 1. The zero-order valence-corrected chi connectivity index (χ0v) is 10.4. The molecule has 1 aromatic rings. The molecule has 1 heterocycles. The zero-order chi connectivity index (χ0) is 12.6. The lowest BCUT2D eigenvalue weighted by molar-refractivity contribution is -0.115. The maximum absolute atomic E-state index is 11.5. The second kappa shape index (κ2) is 3.99. The SMILES string of the molecule is Cc1cc(C2=CC(=O)CCC2(C)C)oc(=O)c1. The molecule has 90 valence electrons. The summed E-state index contributed by atoms with van der Waals surface area (Å²) in [5, 5.41) is 0. The van der Waals surface area contributed by atoms with Gasteiger partial charge in [0.2, 0.25) is 0 Å². The fraction of sp³-hybridized carbons (Fsp3) is 0.429. The second-order valence-electron chi connectivity index (χ2n) is 5.23. The van der Waals surface area contributed by atoms with Gasteiger partial charge in [0.05, 0.1) is 0 Å². The molecule has 0 bridgehead atoms. The van der Waals surface area contributed by atoms with Crippen molar-refractivity contribution in [2.75, 3.05) is 0 Å². The van der Waals surface area contributed by atoms with Gasteiger partial charge in [-0.1, -0.05) is 13.8 Å². The first-order valence-electron chi connectivity index (χ1n) is 5.76. The predicted molar refractivity (Wildman–Crippen MR) is 65.7 cm³/mol. The Hall–Kier alpha value is -1.64. The Morgan fingerprint density at radius 3 is 2.59 bits per heavy atom. The van der Waals surface area contributed by atoms with Crippen molar-refractivity contribution in [2.24, 2.45) is 5.41 Å². The topological polar surface area (TPSA) is 47.3 Å². The van der Waals surface area contributed by atoms with Crippen molar-refractivity contribution in [1.82, 2.24) is 0 Å². The van der Waals surface area contributed by atoms with Crippen LogP contribution in [-0.4, -0.2) is 5.78 Å². The summed E-state index contributed by atoms with van der Waals surface area (Å²) >= 11 is 0. The molecule has 0 amide bonds. The van der Waals surface area contributed by atoms with E-state index >= 15 is 0 Å². The Labute approximate surface area is 100 Å². The molecule has 0 saturated carbocycles. The van der Waals surface area contributed by atoms with Crippen LogP contribution in [0.1, 0.15) is 38.0 Å². The largest absolute Gasteiger partial charge is 0.423 e. The van der Waals surface area contributed by atoms with E-state index < -0.39 is 0 Å². The maximum Gasteiger partial charge on any atom is 0.336 e. The summed E-state index contributed by atoms with van der Waals surface area (Å²) in [5.74, 6) is 0.622. The van der Waals surface area contributed by atoms with Crippen molar-refractivity contribution in [3.05, 3.63) is 40.0 Å². The minimum Gasteiger partial charge on any atom is -0.423 e. The maximum atomic E-state index is 11.5. The zero-order valence-electron chi connectivity index (χ0n) is 10.4. The first kappa shape index (κ1) is 11.8. The number of hydrogen-bond donors (Lipinski definition) is 0. The molecule has 0 spiro atoms. The number of rotatable bonds is 1. The average Bonchev–Trinajstić information content (AvgIpc) is 2.20. The molecular formula is C14H16O3. The molecule has 1 aliphatic rings. The number of carbonyl (C=O) groups excluding carboxylic acids is 1. The van der Waals surface area contributed by atoms with Crippen LogP contribution in [0, 0.1) is 12.3 Å². The Balaban J connectivity index is 2.58. The summed E-state index contributed by atoms with van der Waals surface area (Å²) < 4.78 is 5.21. The summed E-state index contributed by atoms with van der Waals surface area (Å²) in [7, 11) is 0. The minimum atomic E-state index is -0.366. The highest BCUT2D eigenvalue weighted by Gasteiger charge is 2.31. The van der Waals surface area contributed by atoms with Crippen LogP contribution in [0.5, 0.6) is 0 Å².